The molecule has 18 atom stereocenters. The maximum atomic E-state index is 11.3. The van der Waals surface area contributed by atoms with Gasteiger partial charge in [-0.05, 0) is 6.92 Å². The second-order valence-corrected chi connectivity index (χ2v) is 10.5. The van der Waals surface area contributed by atoms with Gasteiger partial charge >= 0.3 is 0 Å². The van der Waals surface area contributed by atoms with Gasteiger partial charge in [-0.25, -0.2) is 0 Å². The summed E-state index contributed by atoms with van der Waals surface area (Å²) in [4.78, 5) is 0. The fourth-order valence-corrected chi connectivity index (χ4v) is 5.22. The van der Waals surface area contributed by atoms with Crippen LogP contribution >= 0.6 is 0 Å². The molecule has 0 aromatic rings. The molecular formula is C23H40O18. The van der Waals surface area contributed by atoms with E-state index in [2.05, 4.69) is 0 Å². The highest BCUT2D eigenvalue weighted by molar-refractivity contribution is 4.97. The molecule has 4 heterocycles. The highest BCUT2D eigenvalue weighted by Crippen LogP contribution is 2.34. The average molecular weight is 605 g/mol. The molecule has 0 bridgehead atoms. The van der Waals surface area contributed by atoms with E-state index in [1.165, 1.54) is 6.92 Å². The normalized spacial score (nSPS) is 53.0. The van der Waals surface area contributed by atoms with E-state index >= 15 is 0 Å². The van der Waals surface area contributed by atoms with Crippen LogP contribution < -0.4 is 0 Å². The van der Waals surface area contributed by atoms with Crippen LogP contribution in [0.25, 0.3) is 0 Å². The maximum absolute atomic E-state index is 11.3. The largest absolute Gasteiger partial charge is 0.394 e. The van der Waals surface area contributed by atoms with Crippen molar-refractivity contribution in [2.75, 3.05) is 26.4 Å². The molecule has 0 saturated carbocycles. The molecule has 4 rings (SSSR count). The van der Waals surface area contributed by atoms with Crippen molar-refractivity contribution in [1.82, 2.24) is 0 Å². The van der Waals surface area contributed by atoms with Gasteiger partial charge in [-0.15, -0.1) is 0 Å². The number of hydrogen-bond acceptors (Lipinski definition) is 18. The highest BCUT2D eigenvalue weighted by atomic mass is 16.8. The third kappa shape index (κ3) is 6.70. The minimum absolute atomic E-state index is 0.300. The van der Waals surface area contributed by atoms with Crippen molar-refractivity contribution >= 4 is 0 Å². The van der Waals surface area contributed by atoms with Crippen LogP contribution in [-0.2, 0) is 33.2 Å². The Morgan fingerprint density at radius 1 is 0.512 bits per heavy atom. The Kier molecular flexibility index (Phi) is 11.3. The average Bonchev–Trinajstić information content (AvgIpc) is 3.23. The summed E-state index contributed by atoms with van der Waals surface area (Å²) in [6, 6.07) is 0. The molecule has 4 aliphatic heterocycles. The Labute approximate surface area is 233 Å². The van der Waals surface area contributed by atoms with Crippen molar-refractivity contribution in [1.29, 1.82) is 0 Å². The van der Waals surface area contributed by atoms with Gasteiger partial charge < -0.3 is 89.3 Å². The standard InChI is InChI=1S/C23H40O18/c1-6-19(40-21-16(32)13(29)9(4-26)38-21)20(41-22-17(33)15(31)12(28)8(3-25)37-22)18(34)23(36-6)39-10-5-35-7(2-24)11(27)14(10)30/h6-34H,2-5H2,1H3/t6-,7+,8+,9-,10+,11+,12+,13-,14+,15-,16+,17+,18+,19-,20-,21-,22-,23-/m0/s1. The minimum atomic E-state index is -1.87. The van der Waals surface area contributed by atoms with Gasteiger partial charge in [0.15, 0.2) is 18.9 Å². The van der Waals surface area contributed by atoms with Crippen molar-refractivity contribution in [3.8, 4) is 0 Å². The molecule has 0 aromatic heterocycles. The van der Waals surface area contributed by atoms with Gasteiger partial charge in [0.2, 0.25) is 0 Å². The second-order valence-electron chi connectivity index (χ2n) is 10.5. The first-order valence-corrected chi connectivity index (χ1v) is 13.2. The Morgan fingerprint density at radius 2 is 0.976 bits per heavy atom. The molecule has 0 radical (unpaired) electrons. The molecule has 4 fully saturated rings. The zero-order valence-electron chi connectivity index (χ0n) is 22.0. The van der Waals surface area contributed by atoms with Crippen molar-refractivity contribution in [3.05, 3.63) is 0 Å². The monoisotopic (exact) mass is 604 g/mol. The summed E-state index contributed by atoms with van der Waals surface area (Å²) in [6.45, 7) is -0.831. The van der Waals surface area contributed by atoms with Gasteiger partial charge in [-0.1, -0.05) is 0 Å². The summed E-state index contributed by atoms with van der Waals surface area (Å²) in [7, 11) is 0. The Bertz CT molecular complexity index is 821. The third-order valence-corrected chi connectivity index (χ3v) is 7.76. The van der Waals surface area contributed by atoms with E-state index in [1.54, 1.807) is 0 Å². The predicted octanol–water partition coefficient (Wildman–Crippen LogP) is -7.40. The molecule has 0 spiro atoms. The van der Waals surface area contributed by atoms with Crippen LogP contribution in [0.3, 0.4) is 0 Å². The number of ether oxygens (including phenoxy) is 7. The summed E-state index contributed by atoms with van der Waals surface area (Å²) in [5, 5.41) is 111. The van der Waals surface area contributed by atoms with Gasteiger partial charge in [0.25, 0.3) is 0 Å². The number of rotatable bonds is 9. The lowest BCUT2D eigenvalue weighted by atomic mass is 9.96. The lowest BCUT2D eigenvalue weighted by Gasteiger charge is -2.48. The first-order chi connectivity index (χ1) is 19.4. The van der Waals surface area contributed by atoms with Gasteiger partial charge in [-0.3, -0.25) is 0 Å². The van der Waals surface area contributed by atoms with E-state index in [4.69, 9.17) is 33.2 Å². The molecule has 0 aliphatic carbocycles. The summed E-state index contributed by atoms with van der Waals surface area (Å²) in [5.41, 5.74) is 0. The Morgan fingerprint density at radius 3 is 1.54 bits per heavy atom. The number of aliphatic hydroxyl groups is 11. The van der Waals surface area contributed by atoms with Gasteiger partial charge in [0.1, 0.15) is 85.5 Å². The Hall–Kier alpha value is -0.720. The molecule has 18 nitrogen and oxygen atoms in total. The predicted molar refractivity (Wildman–Crippen MR) is 125 cm³/mol. The SMILES string of the molecule is C[C@@H]1O[C@@H](O[C@@H]2CO[C@H](CO)[C@@H](O)[C@@H]2O)[C@H](O)[C@H](O[C@@H]2O[C@H](CO)[C@@H](O)[C@H](O)[C@H]2O)[C@H]1O[C@@H]1O[C@@H](CO)[C@H](O)[C@H]1O. The van der Waals surface area contributed by atoms with E-state index in [9.17, 15) is 56.2 Å². The molecule has 0 unspecified atom stereocenters. The Balaban J connectivity index is 1.55. The first-order valence-electron chi connectivity index (χ1n) is 13.2. The number of hydrogen-bond donors (Lipinski definition) is 11. The highest BCUT2D eigenvalue weighted by Gasteiger charge is 2.54. The van der Waals surface area contributed by atoms with Crippen LogP contribution in [0.1, 0.15) is 6.92 Å². The second kappa shape index (κ2) is 13.9. The first kappa shape index (κ1) is 33.2. The molecular weight excluding hydrogens is 564 g/mol. The molecule has 0 amide bonds. The van der Waals surface area contributed by atoms with Crippen LogP contribution in [0.4, 0.5) is 0 Å². The molecule has 0 aromatic carbocycles. The van der Waals surface area contributed by atoms with Crippen molar-refractivity contribution < 1.29 is 89.3 Å². The van der Waals surface area contributed by atoms with Crippen molar-refractivity contribution in [2.45, 2.75) is 117 Å². The fraction of sp³-hybridized carbons (Fsp3) is 1.00. The van der Waals surface area contributed by atoms with E-state index in [0.29, 0.717) is 0 Å². The molecule has 18 heteroatoms. The van der Waals surface area contributed by atoms with E-state index < -0.39 is 130 Å². The topological polar surface area (TPSA) is 287 Å². The molecule has 4 aliphatic rings. The zero-order chi connectivity index (χ0) is 30.2. The fourth-order valence-electron chi connectivity index (χ4n) is 5.22. The number of aliphatic hydroxyl groups excluding tert-OH is 11. The lowest BCUT2D eigenvalue weighted by Crippen LogP contribution is -2.66. The smallest absolute Gasteiger partial charge is 0.187 e. The summed E-state index contributed by atoms with van der Waals surface area (Å²) in [5.74, 6) is 0. The summed E-state index contributed by atoms with van der Waals surface area (Å²) in [6.07, 6.45) is -27.2. The minimum Gasteiger partial charge on any atom is -0.394 e. The molecule has 240 valence electrons. The van der Waals surface area contributed by atoms with Crippen molar-refractivity contribution in [2.24, 2.45) is 0 Å². The van der Waals surface area contributed by atoms with E-state index in [-0.39, 0.29) is 6.61 Å². The van der Waals surface area contributed by atoms with Crippen LogP contribution in [0.2, 0.25) is 0 Å². The summed E-state index contributed by atoms with van der Waals surface area (Å²) < 4.78 is 39.1. The molecule has 41 heavy (non-hydrogen) atoms. The van der Waals surface area contributed by atoms with Crippen molar-refractivity contribution in [3.63, 3.8) is 0 Å². The van der Waals surface area contributed by atoms with Gasteiger partial charge in [-0.2, -0.15) is 0 Å². The lowest BCUT2D eigenvalue weighted by molar-refractivity contribution is -0.379. The van der Waals surface area contributed by atoms with Crippen LogP contribution in [0.5, 0.6) is 0 Å². The van der Waals surface area contributed by atoms with Crippen LogP contribution in [0.15, 0.2) is 0 Å². The van der Waals surface area contributed by atoms with Gasteiger partial charge in [0, 0.05) is 0 Å². The molecule has 11 N–H and O–H groups in total. The van der Waals surface area contributed by atoms with E-state index in [0.717, 1.165) is 0 Å². The maximum Gasteiger partial charge on any atom is 0.187 e. The zero-order valence-corrected chi connectivity index (χ0v) is 22.0. The van der Waals surface area contributed by atoms with Crippen LogP contribution in [-0.4, -0.2) is 193 Å². The summed E-state index contributed by atoms with van der Waals surface area (Å²) >= 11 is 0. The molecule has 4 saturated heterocycles. The van der Waals surface area contributed by atoms with E-state index in [1.807, 2.05) is 0 Å². The van der Waals surface area contributed by atoms with Gasteiger partial charge in [0.05, 0.1) is 32.5 Å². The van der Waals surface area contributed by atoms with Crippen LogP contribution in [0, 0.1) is 0 Å². The third-order valence-electron chi connectivity index (χ3n) is 7.76. The quantitative estimate of drug-likeness (QED) is 0.116.